The number of carbonyl (C=O) groups excluding carboxylic acids is 2. The summed E-state index contributed by atoms with van der Waals surface area (Å²) in [7, 11) is -3.62. The van der Waals surface area contributed by atoms with Crippen molar-refractivity contribution in [2.75, 3.05) is 11.6 Å². The van der Waals surface area contributed by atoms with Gasteiger partial charge < -0.3 is 20.4 Å². The van der Waals surface area contributed by atoms with Crippen LogP contribution in [0.4, 0.5) is 32.0 Å². The van der Waals surface area contributed by atoms with Crippen LogP contribution in [0.2, 0.25) is 0 Å². The number of aliphatic hydroxyl groups excluding tert-OH is 1. The number of halogens is 6. The topological polar surface area (TPSA) is 124 Å². The van der Waals surface area contributed by atoms with Crippen molar-refractivity contribution >= 4 is 27.3 Å². The van der Waals surface area contributed by atoms with Gasteiger partial charge in [0.25, 0.3) is 11.5 Å². The number of aliphatic hydroxyl groups is 2. The number of rotatable bonds is 5. The van der Waals surface area contributed by atoms with Gasteiger partial charge in [-0.05, 0) is 48.2 Å². The molecule has 2 aliphatic rings. The number of sulfone groups is 1. The number of nitrogens with one attached hydrogen (secondary N) is 1. The lowest BCUT2D eigenvalue weighted by Gasteiger charge is -2.35. The average molecular weight is 581 g/mol. The van der Waals surface area contributed by atoms with Crippen LogP contribution in [0.15, 0.2) is 47.4 Å². The van der Waals surface area contributed by atoms with E-state index in [1.165, 1.54) is 23.1 Å². The molecule has 1 aliphatic heterocycles. The molecule has 15 heteroatoms. The van der Waals surface area contributed by atoms with E-state index in [4.69, 9.17) is 0 Å². The van der Waals surface area contributed by atoms with E-state index >= 15 is 0 Å². The molecule has 1 saturated carbocycles. The number of benzene rings is 2. The van der Waals surface area contributed by atoms with Crippen molar-refractivity contribution in [1.82, 2.24) is 4.90 Å². The molecule has 0 aromatic heterocycles. The van der Waals surface area contributed by atoms with Crippen molar-refractivity contribution in [3.63, 3.8) is 0 Å². The van der Waals surface area contributed by atoms with E-state index in [0.717, 1.165) is 18.4 Å². The van der Waals surface area contributed by atoms with Crippen molar-refractivity contribution < 1.29 is 54.6 Å². The summed E-state index contributed by atoms with van der Waals surface area (Å²) in [5.74, 6) is -1.92. The molecule has 8 nitrogen and oxygen atoms in total. The van der Waals surface area contributed by atoms with E-state index in [1.54, 1.807) is 0 Å². The third kappa shape index (κ3) is 5.10. The molecule has 0 saturated heterocycles. The van der Waals surface area contributed by atoms with E-state index in [0.29, 0.717) is 17.7 Å². The summed E-state index contributed by atoms with van der Waals surface area (Å²) in [4.78, 5) is 27.5. The largest absolute Gasteiger partial charge is 0.430 e. The van der Waals surface area contributed by atoms with E-state index in [-0.39, 0.29) is 35.5 Å². The molecule has 0 radical (unpaired) electrons. The van der Waals surface area contributed by atoms with Gasteiger partial charge in [0.2, 0.25) is 5.91 Å². The summed E-state index contributed by atoms with van der Waals surface area (Å²) >= 11 is 0. The Morgan fingerprint density at radius 1 is 0.974 bits per heavy atom. The molecule has 0 spiro atoms. The molecule has 2 aromatic rings. The van der Waals surface area contributed by atoms with Crippen LogP contribution in [0.25, 0.3) is 0 Å². The third-order valence-corrected chi connectivity index (χ3v) is 7.98. The molecule has 3 N–H and O–H groups in total. The fourth-order valence-corrected chi connectivity index (χ4v) is 5.34. The van der Waals surface area contributed by atoms with E-state index in [2.05, 4.69) is 5.32 Å². The molecule has 1 heterocycles. The number of nitrogens with zero attached hydrogens (tertiary/aromatic N) is 1. The van der Waals surface area contributed by atoms with E-state index < -0.39 is 63.2 Å². The smallest absolute Gasteiger partial charge is 0.393 e. The summed E-state index contributed by atoms with van der Waals surface area (Å²) in [5.41, 5.74) is -6.22. The van der Waals surface area contributed by atoms with Gasteiger partial charge in [0.1, 0.15) is 6.04 Å². The van der Waals surface area contributed by atoms with Gasteiger partial charge in [-0.3, -0.25) is 9.59 Å². The second kappa shape index (κ2) is 9.48. The maximum atomic E-state index is 13.3. The SMILES string of the molecule is CS(=O)(=O)c1ccc2c(c1)CN(C(=O)C1CC(O)C1)C2C(=O)Nc1ccc(C(O)(C(F)(F)F)C(F)(F)F)cc1. The average Bonchev–Trinajstić information content (AvgIpc) is 3.18. The number of fused-ring (bicyclic) bond motifs is 1. The van der Waals surface area contributed by atoms with Crippen LogP contribution in [-0.4, -0.2) is 60.1 Å². The summed E-state index contributed by atoms with van der Waals surface area (Å²) in [6, 6.07) is 4.86. The Morgan fingerprint density at radius 2 is 1.54 bits per heavy atom. The number of hydrogen-bond donors (Lipinski definition) is 3. The number of amides is 2. The maximum absolute atomic E-state index is 13.3. The molecule has 2 amide bonds. The maximum Gasteiger partial charge on any atom is 0.430 e. The van der Waals surface area contributed by atoms with Crippen LogP contribution in [0.5, 0.6) is 0 Å². The number of carbonyl (C=O) groups is 2. The summed E-state index contributed by atoms with van der Waals surface area (Å²) in [6.45, 7) is -0.134. The molecule has 0 bridgehead atoms. The lowest BCUT2D eigenvalue weighted by molar-refractivity contribution is -0.376. The van der Waals surface area contributed by atoms with Crippen LogP contribution in [0, 0.1) is 5.92 Å². The Hall–Kier alpha value is -3.17. The Morgan fingerprint density at radius 3 is 2.03 bits per heavy atom. The molecule has 1 aliphatic carbocycles. The van der Waals surface area contributed by atoms with E-state index in [9.17, 15) is 54.6 Å². The molecular formula is C24H22F6N2O6S. The molecule has 1 atom stereocenters. The molecule has 2 aromatic carbocycles. The number of anilines is 1. The van der Waals surface area contributed by atoms with Gasteiger partial charge in [0.15, 0.2) is 9.84 Å². The van der Waals surface area contributed by atoms with Crippen LogP contribution in [0.1, 0.15) is 35.6 Å². The Labute approximate surface area is 218 Å². The first-order valence-corrected chi connectivity index (χ1v) is 13.3. The summed E-state index contributed by atoms with van der Waals surface area (Å²) in [6.07, 6.45) is -11.5. The van der Waals surface area contributed by atoms with Crippen LogP contribution in [0.3, 0.4) is 0 Å². The first kappa shape index (κ1) is 28.8. The molecule has 1 fully saturated rings. The number of alkyl halides is 6. The standard InChI is InChI=1S/C24H22F6N2O6S/c1-39(37,38)17-6-7-18-13(10-17)11-32(21(35)12-8-16(33)9-12)19(18)20(34)31-15-4-2-14(3-5-15)22(36,23(25,26)27)24(28,29)30/h2-7,10,12,16,19,33,36H,8-9,11H2,1H3,(H,31,34). The highest BCUT2D eigenvalue weighted by Crippen LogP contribution is 2.50. The molecular weight excluding hydrogens is 558 g/mol. The highest BCUT2D eigenvalue weighted by Gasteiger charge is 2.71. The van der Waals surface area contributed by atoms with Gasteiger partial charge in [-0.1, -0.05) is 18.2 Å². The second-order valence-corrected chi connectivity index (χ2v) is 11.6. The molecule has 212 valence electrons. The van der Waals surface area contributed by atoms with Gasteiger partial charge in [0.05, 0.1) is 11.0 Å². The van der Waals surface area contributed by atoms with Crippen molar-refractivity contribution in [2.45, 2.75) is 54.4 Å². The summed E-state index contributed by atoms with van der Waals surface area (Å²) in [5, 5.41) is 21.5. The van der Waals surface area contributed by atoms with Crippen molar-refractivity contribution in [3.05, 3.63) is 59.2 Å². The highest BCUT2D eigenvalue weighted by molar-refractivity contribution is 7.90. The minimum absolute atomic E-state index is 0.0498. The Balaban J connectivity index is 1.64. The zero-order chi connectivity index (χ0) is 29.1. The minimum Gasteiger partial charge on any atom is -0.393 e. The Bertz CT molecular complexity index is 1390. The van der Waals surface area contributed by atoms with Crippen LogP contribution < -0.4 is 5.32 Å². The van der Waals surface area contributed by atoms with Gasteiger partial charge in [-0.25, -0.2) is 8.42 Å². The van der Waals surface area contributed by atoms with Crippen LogP contribution in [-0.2, 0) is 31.6 Å². The molecule has 1 unspecified atom stereocenters. The fourth-order valence-electron chi connectivity index (χ4n) is 4.66. The van der Waals surface area contributed by atoms with Crippen LogP contribution >= 0.6 is 0 Å². The predicted molar refractivity (Wildman–Crippen MR) is 123 cm³/mol. The summed E-state index contributed by atoms with van der Waals surface area (Å²) < 4.78 is 103. The molecule has 39 heavy (non-hydrogen) atoms. The quantitative estimate of drug-likeness (QED) is 0.467. The molecule has 4 rings (SSSR count). The second-order valence-electron chi connectivity index (χ2n) is 9.60. The minimum atomic E-state index is -6.08. The van der Waals surface area contributed by atoms with Crippen molar-refractivity contribution in [2.24, 2.45) is 5.92 Å². The lowest BCUT2D eigenvalue weighted by atomic mass is 9.81. The fraction of sp³-hybridized carbons (Fsp3) is 0.417. The zero-order valence-corrected chi connectivity index (χ0v) is 20.9. The predicted octanol–water partition coefficient (Wildman–Crippen LogP) is 3.20. The van der Waals surface area contributed by atoms with Gasteiger partial charge in [-0.2, -0.15) is 26.3 Å². The van der Waals surface area contributed by atoms with E-state index in [1.807, 2.05) is 0 Å². The lowest BCUT2D eigenvalue weighted by Crippen LogP contribution is -2.53. The van der Waals surface area contributed by atoms with Gasteiger partial charge in [0, 0.05) is 30.0 Å². The first-order valence-electron chi connectivity index (χ1n) is 11.4. The van der Waals surface area contributed by atoms with Crippen molar-refractivity contribution in [3.8, 4) is 0 Å². The number of hydrogen-bond acceptors (Lipinski definition) is 6. The normalized spacial score (nSPS) is 21.8. The third-order valence-electron chi connectivity index (χ3n) is 6.87. The first-order chi connectivity index (χ1) is 17.8. The zero-order valence-electron chi connectivity index (χ0n) is 20.0. The van der Waals surface area contributed by atoms with Crippen molar-refractivity contribution in [1.29, 1.82) is 0 Å². The highest BCUT2D eigenvalue weighted by atomic mass is 32.2. The van der Waals surface area contributed by atoms with Gasteiger partial charge in [-0.15, -0.1) is 0 Å². The monoisotopic (exact) mass is 580 g/mol. The van der Waals surface area contributed by atoms with Gasteiger partial charge >= 0.3 is 12.4 Å². The Kier molecular flexibility index (Phi) is 7.01.